The summed E-state index contributed by atoms with van der Waals surface area (Å²) in [7, 11) is 1.54. The average Bonchev–Trinajstić information content (AvgIpc) is 2.53. The summed E-state index contributed by atoms with van der Waals surface area (Å²) in [6.07, 6.45) is 0. The molecular formula is C17H18FNO2. The minimum Gasteiger partial charge on any atom is -0.496 e. The van der Waals surface area contributed by atoms with Crippen LogP contribution in [0.25, 0.3) is 0 Å². The van der Waals surface area contributed by atoms with E-state index in [0.29, 0.717) is 17.9 Å². The Morgan fingerprint density at radius 3 is 2.52 bits per heavy atom. The summed E-state index contributed by atoms with van der Waals surface area (Å²) in [4.78, 5) is 12.4. The maximum absolute atomic E-state index is 12.8. The molecule has 0 radical (unpaired) electrons. The Morgan fingerprint density at radius 1 is 1.19 bits per heavy atom. The van der Waals surface area contributed by atoms with Gasteiger partial charge in [-0.3, -0.25) is 4.79 Å². The van der Waals surface area contributed by atoms with Crippen LogP contribution in [0, 0.1) is 5.82 Å². The number of halogens is 1. The van der Waals surface area contributed by atoms with Gasteiger partial charge in [0, 0.05) is 6.54 Å². The van der Waals surface area contributed by atoms with Crippen LogP contribution in [0.3, 0.4) is 0 Å². The lowest BCUT2D eigenvalue weighted by Crippen LogP contribution is -2.33. The van der Waals surface area contributed by atoms with Crippen molar-refractivity contribution in [3.63, 3.8) is 0 Å². The minimum atomic E-state index is -0.355. The summed E-state index contributed by atoms with van der Waals surface area (Å²) >= 11 is 0. The molecule has 1 atom stereocenters. The molecule has 2 rings (SSSR count). The summed E-state index contributed by atoms with van der Waals surface area (Å²) in [6, 6.07) is 13.0. The lowest BCUT2D eigenvalue weighted by molar-refractivity contribution is 0.0947. The highest BCUT2D eigenvalue weighted by atomic mass is 19.1. The van der Waals surface area contributed by atoms with E-state index in [1.54, 1.807) is 38.3 Å². The van der Waals surface area contributed by atoms with E-state index in [2.05, 4.69) is 5.32 Å². The first-order chi connectivity index (χ1) is 10.1. The fraction of sp³-hybridized carbons (Fsp3) is 0.235. The number of para-hydroxylation sites is 1. The third-order valence-electron chi connectivity index (χ3n) is 3.29. The molecule has 2 aromatic carbocycles. The Hall–Kier alpha value is -2.20. The quantitative estimate of drug-likeness (QED) is 0.829. The molecule has 2 aromatic rings. The number of hydrogen-bond donors (Lipinski definition) is 1. The normalized spacial score (nSPS) is 12.0. The van der Waals surface area contributed by atoms with E-state index in [0.717, 1.165) is 5.56 Å². The molecule has 110 valence electrons. The zero-order chi connectivity index (χ0) is 15.2. The highest BCUT2D eigenvalue weighted by Crippen LogP contribution is 2.19. The molecule has 21 heavy (non-hydrogen) atoms. The van der Waals surface area contributed by atoms with Gasteiger partial charge in [0.15, 0.2) is 5.78 Å². The first-order valence-corrected chi connectivity index (χ1v) is 6.77. The van der Waals surface area contributed by atoms with E-state index in [1.807, 2.05) is 12.1 Å². The van der Waals surface area contributed by atoms with Crippen LogP contribution in [0.1, 0.15) is 22.8 Å². The number of Topliss-reactive ketones (excluding diaryl/α,β-unsaturated/α-hetero) is 1. The number of hydrogen-bond acceptors (Lipinski definition) is 3. The van der Waals surface area contributed by atoms with E-state index < -0.39 is 0 Å². The Bertz CT molecular complexity index is 610. The standard InChI is InChI=1S/C17H18FNO2/c1-12(19-11-13-7-9-14(18)10-8-13)17(20)15-5-3-4-6-16(15)21-2/h3-10,12,19H,11H2,1-2H3. The second-order valence-corrected chi connectivity index (χ2v) is 4.79. The molecule has 0 fully saturated rings. The van der Waals surface area contributed by atoms with E-state index in [4.69, 9.17) is 4.74 Å². The van der Waals surface area contributed by atoms with Gasteiger partial charge in [-0.1, -0.05) is 24.3 Å². The Kier molecular flexibility index (Phi) is 5.06. The van der Waals surface area contributed by atoms with Gasteiger partial charge in [-0.15, -0.1) is 0 Å². The van der Waals surface area contributed by atoms with E-state index in [9.17, 15) is 9.18 Å². The van der Waals surface area contributed by atoms with Crippen LogP contribution >= 0.6 is 0 Å². The SMILES string of the molecule is COc1ccccc1C(=O)C(C)NCc1ccc(F)cc1. The van der Waals surface area contributed by atoms with Crippen LogP contribution in [-0.2, 0) is 6.54 Å². The number of rotatable bonds is 6. The minimum absolute atomic E-state index is 0.0328. The van der Waals surface area contributed by atoms with Crippen molar-refractivity contribution in [3.05, 3.63) is 65.5 Å². The van der Waals surface area contributed by atoms with Crippen molar-refractivity contribution in [2.24, 2.45) is 0 Å². The predicted octanol–water partition coefficient (Wildman–Crippen LogP) is 3.20. The summed E-state index contributed by atoms with van der Waals surface area (Å²) in [5, 5.41) is 3.14. The van der Waals surface area contributed by atoms with Gasteiger partial charge in [0.05, 0.1) is 18.7 Å². The molecule has 1 N–H and O–H groups in total. The van der Waals surface area contributed by atoms with Crippen molar-refractivity contribution in [3.8, 4) is 5.75 Å². The summed E-state index contributed by atoms with van der Waals surface area (Å²) in [5.41, 5.74) is 1.48. The third-order valence-corrected chi connectivity index (χ3v) is 3.29. The van der Waals surface area contributed by atoms with Crippen LogP contribution in [0.4, 0.5) is 4.39 Å². The van der Waals surface area contributed by atoms with Crippen LogP contribution < -0.4 is 10.1 Å². The molecule has 0 aliphatic heterocycles. The topological polar surface area (TPSA) is 38.3 Å². The van der Waals surface area contributed by atoms with E-state index in [-0.39, 0.29) is 17.6 Å². The largest absolute Gasteiger partial charge is 0.496 e. The first-order valence-electron chi connectivity index (χ1n) is 6.77. The molecule has 0 spiro atoms. The zero-order valence-electron chi connectivity index (χ0n) is 12.1. The molecule has 0 amide bonds. The molecule has 1 unspecified atom stereocenters. The van der Waals surface area contributed by atoms with Crippen LogP contribution in [0.5, 0.6) is 5.75 Å². The lowest BCUT2D eigenvalue weighted by Gasteiger charge is -2.15. The average molecular weight is 287 g/mol. The van der Waals surface area contributed by atoms with Gasteiger partial charge in [-0.05, 0) is 36.8 Å². The number of methoxy groups -OCH3 is 1. The van der Waals surface area contributed by atoms with E-state index >= 15 is 0 Å². The predicted molar refractivity (Wildman–Crippen MR) is 80.0 cm³/mol. The number of carbonyl (C=O) groups is 1. The Morgan fingerprint density at radius 2 is 1.86 bits per heavy atom. The fourth-order valence-electron chi connectivity index (χ4n) is 2.05. The zero-order valence-corrected chi connectivity index (χ0v) is 12.1. The smallest absolute Gasteiger partial charge is 0.183 e. The number of carbonyl (C=O) groups excluding carboxylic acids is 1. The van der Waals surface area contributed by atoms with Gasteiger partial charge in [0.25, 0.3) is 0 Å². The number of benzene rings is 2. The molecule has 0 aliphatic rings. The summed E-state index contributed by atoms with van der Waals surface area (Å²) < 4.78 is 18.0. The molecule has 0 saturated carbocycles. The van der Waals surface area contributed by atoms with Gasteiger partial charge in [-0.2, -0.15) is 0 Å². The number of ketones is 1. The summed E-state index contributed by atoms with van der Waals surface area (Å²) in [6.45, 7) is 2.31. The van der Waals surface area contributed by atoms with Gasteiger partial charge in [0.1, 0.15) is 11.6 Å². The maximum Gasteiger partial charge on any atom is 0.183 e. The molecule has 3 nitrogen and oxygen atoms in total. The van der Waals surface area contributed by atoms with Crippen LogP contribution in [0.2, 0.25) is 0 Å². The molecule has 0 bridgehead atoms. The maximum atomic E-state index is 12.8. The number of nitrogens with one attached hydrogen (secondary N) is 1. The van der Waals surface area contributed by atoms with Crippen LogP contribution in [-0.4, -0.2) is 18.9 Å². The van der Waals surface area contributed by atoms with Gasteiger partial charge >= 0.3 is 0 Å². The Labute approximate surface area is 123 Å². The molecule has 0 heterocycles. The van der Waals surface area contributed by atoms with Gasteiger partial charge in [0.2, 0.25) is 0 Å². The van der Waals surface area contributed by atoms with Gasteiger partial charge < -0.3 is 10.1 Å². The lowest BCUT2D eigenvalue weighted by atomic mass is 10.0. The van der Waals surface area contributed by atoms with Crippen molar-refractivity contribution in [1.29, 1.82) is 0 Å². The highest BCUT2D eigenvalue weighted by Gasteiger charge is 2.18. The molecule has 4 heteroatoms. The van der Waals surface area contributed by atoms with Gasteiger partial charge in [-0.25, -0.2) is 4.39 Å². The highest BCUT2D eigenvalue weighted by molar-refractivity contribution is 6.02. The second-order valence-electron chi connectivity index (χ2n) is 4.79. The van der Waals surface area contributed by atoms with Crippen molar-refractivity contribution in [1.82, 2.24) is 5.32 Å². The monoisotopic (exact) mass is 287 g/mol. The fourth-order valence-corrected chi connectivity index (χ4v) is 2.05. The van der Waals surface area contributed by atoms with Crippen LogP contribution in [0.15, 0.2) is 48.5 Å². The molecule has 0 aliphatic carbocycles. The molecular weight excluding hydrogens is 269 g/mol. The van der Waals surface area contributed by atoms with Crippen molar-refractivity contribution in [2.75, 3.05) is 7.11 Å². The molecule has 0 saturated heterocycles. The molecule has 0 aromatic heterocycles. The summed E-state index contributed by atoms with van der Waals surface area (Å²) in [5.74, 6) is 0.268. The van der Waals surface area contributed by atoms with Crippen molar-refractivity contribution >= 4 is 5.78 Å². The first kappa shape index (κ1) is 15.2. The second kappa shape index (κ2) is 6.99. The third kappa shape index (κ3) is 3.89. The Balaban J connectivity index is 2.01. The van der Waals surface area contributed by atoms with E-state index in [1.165, 1.54) is 12.1 Å². The number of ether oxygens (including phenoxy) is 1. The van der Waals surface area contributed by atoms with Crippen molar-refractivity contribution < 1.29 is 13.9 Å². The van der Waals surface area contributed by atoms with Crippen molar-refractivity contribution in [2.45, 2.75) is 19.5 Å².